The normalized spacial score (nSPS) is 13.8. The van der Waals surface area contributed by atoms with E-state index in [9.17, 15) is 14.9 Å². The molecule has 1 N–H and O–H groups in total. The summed E-state index contributed by atoms with van der Waals surface area (Å²) in [5, 5.41) is 14.2. The summed E-state index contributed by atoms with van der Waals surface area (Å²) in [5.41, 5.74) is 3.28. The van der Waals surface area contributed by atoms with E-state index >= 15 is 0 Å². The second-order valence-electron chi connectivity index (χ2n) is 7.58. The van der Waals surface area contributed by atoms with Crippen LogP contribution < -0.4 is 10.2 Å². The number of nitro benzene ring substituents is 1. The van der Waals surface area contributed by atoms with Crippen molar-refractivity contribution in [3.05, 3.63) is 82.4 Å². The lowest BCUT2D eigenvalue weighted by molar-refractivity contribution is -0.384. The van der Waals surface area contributed by atoms with Crippen molar-refractivity contribution in [1.82, 2.24) is 4.98 Å². The number of hydrogen-bond acceptors (Lipinski definition) is 7. The average molecular weight is 444 g/mol. The molecule has 1 aliphatic heterocycles. The number of carbonyl (C=O) groups is 1. The average Bonchev–Trinajstić information content (AvgIpc) is 3.28. The molecular weight excluding hydrogens is 424 g/mol. The zero-order valence-corrected chi connectivity index (χ0v) is 17.6. The van der Waals surface area contributed by atoms with Gasteiger partial charge in [-0.25, -0.2) is 4.98 Å². The predicted octanol–water partition coefficient (Wildman–Crippen LogP) is 4.49. The third-order valence-electron chi connectivity index (χ3n) is 5.45. The molecule has 1 amide bonds. The number of benzene rings is 3. The van der Waals surface area contributed by atoms with Gasteiger partial charge in [-0.2, -0.15) is 0 Å². The van der Waals surface area contributed by atoms with Gasteiger partial charge in [0.1, 0.15) is 5.52 Å². The second kappa shape index (κ2) is 8.71. The minimum atomic E-state index is -0.508. The standard InChI is InChI=1S/C24H20N4O5/c29-23(19-15-18(28(30)31)7-8-21(19)27-10-12-32-13-11-27)25-17-6-9-22-20(14-17)26-24(33-22)16-4-2-1-3-5-16/h1-9,14-15H,10-13H2,(H,25,29). The van der Waals surface area contributed by atoms with Crippen LogP contribution in [0.1, 0.15) is 10.4 Å². The molecule has 3 aromatic carbocycles. The summed E-state index contributed by atoms with van der Waals surface area (Å²) >= 11 is 0. The first kappa shape index (κ1) is 20.7. The fraction of sp³-hybridized carbons (Fsp3) is 0.167. The van der Waals surface area contributed by atoms with Gasteiger partial charge in [-0.3, -0.25) is 14.9 Å². The van der Waals surface area contributed by atoms with Gasteiger partial charge in [0.15, 0.2) is 5.58 Å². The molecule has 0 unspecified atom stereocenters. The van der Waals surface area contributed by atoms with Crippen LogP contribution >= 0.6 is 0 Å². The van der Waals surface area contributed by atoms with Crippen LogP contribution in [0, 0.1) is 10.1 Å². The molecule has 0 radical (unpaired) electrons. The summed E-state index contributed by atoms with van der Waals surface area (Å²) in [6, 6.07) is 19.0. The SMILES string of the molecule is O=C(Nc1ccc2oc(-c3ccccc3)nc2c1)c1cc([N+](=O)[O-])ccc1N1CCOCC1. The molecule has 2 heterocycles. The molecule has 1 fully saturated rings. The molecule has 33 heavy (non-hydrogen) atoms. The lowest BCUT2D eigenvalue weighted by Crippen LogP contribution is -2.37. The fourth-order valence-electron chi connectivity index (χ4n) is 3.81. The van der Waals surface area contributed by atoms with Crippen molar-refractivity contribution < 1.29 is 18.9 Å². The molecule has 166 valence electrons. The van der Waals surface area contributed by atoms with Crippen LogP contribution in [-0.4, -0.2) is 42.1 Å². The number of nitrogens with zero attached hydrogens (tertiary/aromatic N) is 3. The van der Waals surface area contributed by atoms with Crippen molar-refractivity contribution >= 4 is 34.1 Å². The second-order valence-corrected chi connectivity index (χ2v) is 7.58. The van der Waals surface area contributed by atoms with E-state index < -0.39 is 10.8 Å². The van der Waals surface area contributed by atoms with Gasteiger partial charge in [0.2, 0.25) is 5.89 Å². The molecule has 0 aliphatic carbocycles. The lowest BCUT2D eigenvalue weighted by atomic mass is 10.1. The number of non-ortho nitro benzene ring substituents is 1. The summed E-state index contributed by atoms with van der Waals surface area (Å²) < 4.78 is 11.2. The number of carbonyl (C=O) groups excluding carboxylic acids is 1. The van der Waals surface area contributed by atoms with E-state index in [1.807, 2.05) is 35.2 Å². The van der Waals surface area contributed by atoms with Crippen LogP contribution in [0.15, 0.2) is 71.1 Å². The Kier molecular flexibility index (Phi) is 5.45. The minimum Gasteiger partial charge on any atom is -0.436 e. The first-order valence-electron chi connectivity index (χ1n) is 10.5. The van der Waals surface area contributed by atoms with Crippen LogP contribution in [0.25, 0.3) is 22.6 Å². The number of ether oxygens (including phenoxy) is 1. The monoisotopic (exact) mass is 444 g/mol. The maximum absolute atomic E-state index is 13.2. The van der Waals surface area contributed by atoms with Gasteiger partial charge in [0, 0.05) is 36.5 Å². The van der Waals surface area contributed by atoms with Crippen molar-refractivity contribution in [2.24, 2.45) is 0 Å². The Morgan fingerprint density at radius 1 is 1.03 bits per heavy atom. The zero-order chi connectivity index (χ0) is 22.8. The highest BCUT2D eigenvalue weighted by atomic mass is 16.6. The molecule has 5 rings (SSSR count). The summed E-state index contributed by atoms with van der Waals surface area (Å²) in [5.74, 6) is 0.0497. The van der Waals surface area contributed by atoms with Crippen LogP contribution in [0.4, 0.5) is 17.1 Å². The summed E-state index contributed by atoms with van der Waals surface area (Å²) in [6.07, 6.45) is 0. The molecular formula is C24H20N4O5. The first-order valence-corrected chi connectivity index (χ1v) is 10.5. The number of hydrogen-bond donors (Lipinski definition) is 1. The molecule has 1 saturated heterocycles. The summed E-state index contributed by atoms with van der Waals surface area (Å²) in [6.45, 7) is 2.27. The van der Waals surface area contributed by atoms with Crippen molar-refractivity contribution in [2.45, 2.75) is 0 Å². The molecule has 0 atom stereocenters. The first-order chi connectivity index (χ1) is 16.1. The summed E-state index contributed by atoms with van der Waals surface area (Å²) in [7, 11) is 0. The number of fused-ring (bicyclic) bond motifs is 1. The number of anilines is 2. The quantitative estimate of drug-likeness (QED) is 0.357. The van der Waals surface area contributed by atoms with Gasteiger partial charge in [-0.05, 0) is 36.4 Å². The van der Waals surface area contributed by atoms with Gasteiger partial charge in [0.25, 0.3) is 11.6 Å². The van der Waals surface area contributed by atoms with E-state index in [1.54, 1.807) is 24.3 Å². The Hall–Kier alpha value is -4.24. The van der Waals surface area contributed by atoms with E-state index in [0.29, 0.717) is 54.7 Å². The van der Waals surface area contributed by atoms with Crippen molar-refractivity contribution in [2.75, 3.05) is 36.5 Å². The van der Waals surface area contributed by atoms with Crippen molar-refractivity contribution in [1.29, 1.82) is 0 Å². The van der Waals surface area contributed by atoms with Crippen LogP contribution in [0.3, 0.4) is 0 Å². The topological polar surface area (TPSA) is 111 Å². The Morgan fingerprint density at radius 2 is 1.82 bits per heavy atom. The molecule has 4 aromatic rings. The highest BCUT2D eigenvalue weighted by Crippen LogP contribution is 2.29. The molecule has 0 spiro atoms. The van der Waals surface area contributed by atoms with E-state index in [4.69, 9.17) is 9.15 Å². The molecule has 1 aromatic heterocycles. The van der Waals surface area contributed by atoms with E-state index in [2.05, 4.69) is 10.3 Å². The number of morpholine rings is 1. The number of nitrogens with one attached hydrogen (secondary N) is 1. The molecule has 1 aliphatic rings. The summed E-state index contributed by atoms with van der Waals surface area (Å²) in [4.78, 5) is 30.5. The largest absolute Gasteiger partial charge is 0.436 e. The predicted molar refractivity (Wildman–Crippen MR) is 124 cm³/mol. The fourth-order valence-corrected chi connectivity index (χ4v) is 3.81. The molecule has 9 nitrogen and oxygen atoms in total. The van der Waals surface area contributed by atoms with Gasteiger partial charge in [0.05, 0.1) is 29.4 Å². The number of rotatable bonds is 5. The smallest absolute Gasteiger partial charge is 0.270 e. The van der Waals surface area contributed by atoms with Gasteiger partial charge in [-0.1, -0.05) is 18.2 Å². The third-order valence-corrected chi connectivity index (χ3v) is 5.45. The molecule has 9 heteroatoms. The van der Waals surface area contributed by atoms with E-state index in [-0.39, 0.29) is 11.3 Å². The number of oxazole rings is 1. The van der Waals surface area contributed by atoms with Crippen LogP contribution in [0.5, 0.6) is 0 Å². The van der Waals surface area contributed by atoms with Crippen molar-refractivity contribution in [3.63, 3.8) is 0 Å². The van der Waals surface area contributed by atoms with Gasteiger partial charge < -0.3 is 19.4 Å². The van der Waals surface area contributed by atoms with Gasteiger partial charge >= 0.3 is 0 Å². The zero-order valence-electron chi connectivity index (χ0n) is 17.6. The van der Waals surface area contributed by atoms with E-state index in [1.165, 1.54) is 12.1 Å². The van der Waals surface area contributed by atoms with E-state index in [0.717, 1.165) is 5.56 Å². The molecule has 0 bridgehead atoms. The number of nitro groups is 1. The number of amides is 1. The Balaban J connectivity index is 1.45. The highest BCUT2D eigenvalue weighted by Gasteiger charge is 2.22. The lowest BCUT2D eigenvalue weighted by Gasteiger charge is -2.30. The maximum atomic E-state index is 13.2. The molecule has 0 saturated carbocycles. The van der Waals surface area contributed by atoms with Gasteiger partial charge in [-0.15, -0.1) is 0 Å². The third kappa shape index (κ3) is 4.26. The van der Waals surface area contributed by atoms with Crippen LogP contribution in [0.2, 0.25) is 0 Å². The highest BCUT2D eigenvalue weighted by molar-refractivity contribution is 6.09. The number of aromatic nitrogens is 1. The Morgan fingerprint density at radius 3 is 2.58 bits per heavy atom. The van der Waals surface area contributed by atoms with Crippen molar-refractivity contribution in [3.8, 4) is 11.5 Å². The van der Waals surface area contributed by atoms with Crippen LogP contribution in [-0.2, 0) is 4.74 Å². The Labute approximate surface area is 188 Å². The minimum absolute atomic E-state index is 0.142. The Bertz CT molecular complexity index is 1330. The maximum Gasteiger partial charge on any atom is 0.270 e.